The number of morpholine rings is 1. The zero-order valence-corrected chi connectivity index (χ0v) is 20.4. The number of piperidine rings is 1. The van der Waals surface area contributed by atoms with Crippen molar-refractivity contribution in [2.24, 2.45) is 0 Å². The van der Waals surface area contributed by atoms with Crippen LogP contribution in [0.15, 0.2) is 48.7 Å². The lowest BCUT2D eigenvalue weighted by molar-refractivity contribution is -0.162. The number of carbonyl (C=O) groups is 1. The molecule has 1 aromatic heterocycles. The van der Waals surface area contributed by atoms with Gasteiger partial charge in [0.1, 0.15) is 6.10 Å². The van der Waals surface area contributed by atoms with Crippen LogP contribution in [0.1, 0.15) is 32.3 Å². The van der Waals surface area contributed by atoms with Gasteiger partial charge in [0, 0.05) is 36.6 Å². The number of benzene rings is 2. The molecule has 7 heteroatoms. The normalized spacial score (nSPS) is 21.3. The summed E-state index contributed by atoms with van der Waals surface area (Å²) in [5, 5.41) is 10.1. The van der Waals surface area contributed by atoms with Gasteiger partial charge in [-0.3, -0.25) is 9.78 Å². The van der Waals surface area contributed by atoms with E-state index in [1.54, 1.807) is 7.11 Å². The predicted molar refractivity (Wildman–Crippen MR) is 135 cm³/mol. The number of nitriles is 1. The fourth-order valence-corrected chi connectivity index (χ4v) is 5.38. The first-order valence-electron chi connectivity index (χ1n) is 12.2. The molecule has 7 nitrogen and oxygen atoms in total. The first-order valence-corrected chi connectivity index (χ1v) is 12.2. The second-order valence-electron chi connectivity index (χ2n) is 9.37. The van der Waals surface area contributed by atoms with Crippen molar-refractivity contribution in [3.63, 3.8) is 0 Å². The van der Waals surface area contributed by atoms with Crippen LogP contribution >= 0.6 is 0 Å². The number of rotatable bonds is 4. The molecule has 1 amide bonds. The van der Waals surface area contributed by atoms with Crippen LogP contribution in [0.5, 0.6) is 5.75 Å². The van der Waals surface area contributed by atoms with E-state index in [-0.39, 0.29) is 24.2 Å². The molecule has 2 aliphatic heterocycles. The average molecular weight is 471 g/mol. The first-order chi connectivity index (χ1) is 17.0. The number of anilines is 1. The summed E-state index contributed by atoms with van der Waals surface area (Å²) < 4.78 is 11.6. The Labute approximate surface area is 205 Å². The number of hydrogen-bond acceptors (Lipinski definition) is 6. The maximum atomic E-state index is 12.7. The molecule has 2 fully saturated rings. The van der Waals surface area contributed by atoms with E-state index >= 15 is 0 Å². The molecule has 2 unspecified atom stereocenters. The van der Waals surface area contributed by atoms with Crippen LogP contribution in [0.4, 0.5) is 5.69 Å². The molecule has 3 heterocycles. The highest BCUT2D eigenvalue weighted by Crippen LogP contribution is 2.39. The fourth-order valence-electron chi connectivity index (χ4n) is 5.38. The fraction of sp³-hybridized carbons (Fsp3) is 0.393. The van der Waals surface area contributed by atoms with Crippen molar-refractivity contribution in [2.45, 2.75) is 44.9 Å². The Morgan fingerprint density at radius 1 is 1.11 bits per heavy atom. The lowest BCUT2D eigenvalue weighted by atomic mass is 9.98. The van der Waals surface area contributed by atoms with Crippen molar-refractivity contribution < 1.29 is 14.3 Å². The van der Waals surface area contributed by atoms with Crippen LogP contribution in [0.25, 0.3) is 22.0 Å². The number of nitrogens with zero attached hydrogens (tertiary/aromatic N) is 4. The second-order valence-corrected chi connectivity index (χ2v) is 9.37. The van der Waals surface area contributed by atoms with E-state index in [1.165, 1.54) is 0 Å². The van der Waals surface area contributed by atoms with Gasteiger partial charge < -0.3 is 19.3 Å². The molecule has 0 bridgehead atoms. The van der Waals surface area contributed by atoms with E-state index in [0.29, 0.717) is 12.1 Å². The number of pyridine rings is 1. The Morgan fingerprint density at radius 2 is 1.86 bits per heavy atom. The average Bonchev–Trinajstić information content (AvgIpc) is 2.90. The van der Waals surface area contributed by atoms with Crippen molar-refractivity contribution in [3.8, 4) is 22.9 Å². The third kappa shape index (κ3) is 4.30. The van der Waals surface area contributed by atoms with Gasteiger partial charge in [0.25, 0.3) is 5.91 Å². The number of hydrogen-bond donors (Lipinski definition) is 0. The summed E-state index contributed by atoms with van der Waals surface area (Å²) in [5.41, 5.74) is 4.49. The minimum absolute atomic E-state index is 0.0656. The Balaban J connectivity index is 1.40. The Morgan fingerprint density at radius 3 is 2.54 bits per heavy atom. The van der Waals surface area contributed by atoms with Gasteiger partial charge in [-0.1, -0.05) is 24.3 Å². The highest BCUT2D eigenvalue weighted by molar-refractivity contribution is 5.99. The molecule has 0 radical (unpaired) electrons. The minimum atomic E-state index is -0.369. The quantitative estimate of drug-likeness (QED) is 0.563. The molecule has 0 saturated carbocycles. The van der Waals surface area contributed by atoms with E-state index in [9.17, 15) is 4.79 Å². The number of methoxy groups -OCH3 is 1. The third-order valence-electron chi connectivity index (χ3n) is 7.13. The molecule has 180 valence electrons. The highest BCUT2D eigenvalue weighted by Gasteiger charge is 2.36. The topological polar surface area (TPSA) is 78.7 Å². The van der Waals surface area contributed by atoms with Gasteiger partial charge in [-0.15, -0.1) is 0 Å². The molecule has 2 atom stereocenters. The molecule has 0 spiro atoms. The molecule has 2 aliphatic rings. The lowest BCUT2D eigenvalue weighted by Crippen LogP contribution is -2.56. The summed E-state index contributed by atoms with van der Waals surface area (Å²) in [6.07, 6.45) is 3.40. The Hall–Kier alpha value is -3.63. The van der Waals surface area contributed by atoms with Crippen LogP contribution in [-0.2, 0) is 9.53 Å². The van der Waals surface area contributed by atoms with Crippen molar-refractivity contribution in [1.82, 2.24) is 9.88 Å². The summed E-state index contributed by atoms with van der Waals surface area (Å²) in [6, 6.07) is 16.1. The van der Waals surface area contributed by atoms with E-state index in [4.69, 9.17) is 19.7 Å². The van der Waals surface area contributed by atoms with Crippen molar-refractivity contribution in [3.05, 3.63) is 54.2 Å². The van der Waals surface area contributed by atoms with Crippen molar-refractivity contribution in [2.75, 3.05) is 31.6 Å². The molecule has 2 saturated heterocycles. The summed E-state index contributed by atoms with van der Waals surface area (Å²) in [6.45, 7) is 6.20. The van der Waals surface area contributed by atoms with E-state index in [0.717, 1.165) is 59.4 Å². The van der Waals surface area contributed by atoms with Gasteiger partial charge in [0.2, 0.25) is 0 Å². The SMILES string of the molecule is COc1c(N2CCC(N3CC(C)OC(C)C3=O)CC2)cnc2c(-c3ccc(C#N)cc3)cccc12. The van der Waals surface area contributed by atoms with Gasteiger partial charge in [0.15, 0.2) is 5.75 Å². The Kier molecular flexibility index (Phi) is 6.31. The van der Waals surface area contributed by atoms with Crippen molar-refractivity contribution in [1.29, 1.82) is 5.26 Å². The summed E-state index contributed by atoms with van der Waals surface area (Å²) in [7, 11) is 1.70. The number of carbonyl (C=O) groups excluding carboxylic acids is 1. The van der Waals surface area contributed by atoms with E-state index in [1.807, 2.05) is 67.4 Å². The summed E-state index contributed by atoms with van der Waals surface area (Å²) in [4.78, 5) is 21.9. The molecule has 2 aromatic carbocycles. The number of ether oxygens (including phenoxy) is 2. The maximum Gasteiger partial charge on any atom is 0.251 e. The third-order valence-corrected chi connectivity index (χ3v) is 7.13. The van der Waals surface area contributed by atoms with Crippen LogP contribution in [-0.4, -0.2) is 60.8 Å². The van der Waals surface area contributed by atoms with E-state index < -0.39 is 0 Å². The van der Waals surface area contributed by atoms with Gasteiger partial charge in [-0.25, -0.2) is 0 Å². The zero-order valence-electron chi connectivity index (χ0n) is 20.4. The maximum absolute atomic E-state index is 12.7. The monoisotopic (exact) mass is 470 g/mol. The molecular weight excluding hydrogens is 440 g/mol. The van der Waals surface area contributed by atoms with Crippen molar-refractivity contribution >= 4 is 22.5 Å². The summed E-state index contributed by atoms with van der Waals surface area (Å²) >= 11 is 0. The van der Waals surface area contributed by atoms with Crippen LogP contribution in [0.3, 0.4) is 0 Å². The largest absolute Gasteiger partial charge is 0.494 e. The van der Waals surface area contributed by atoms with Gasteiger partial charge in [-0.2, -0.15) is 5.26 Å². The second kappa shape index (κ2) is 9.55. The number of amides is 1. The standard InChI is InChI=1S/C28H30N4O3/c1-18-17-32(28(33)19(2)35-18)22-11-13-31(14-12-22)25-16-30-26-23(5-4-6-24(26)27(25)34-3)21-9-7-20(15-29)8-10-21/h4-10,16,18-19,22H,11-14,17H2,1-3H3. The molecule has 0 N–H and O–H groups in total. The number of para-hydroxylation sites is 1. The van der Waals surface area contributed by atoms with Gasteiger partial charge in [0.05, 0.1) is 42.2 Å². The molecule has 5 rings (SSSR count). The smallest absolute Gasteiger partial charge is 0.251 e. The molecular formula is C28H30N4O3. The van der Waals surface area contributed by atoms with E-state index in [2.05, 4.69) is 11.0 Å². The van der Waals surface area contributed by atoms with Gasteiger partial charge >= 0.3 is 0 Å². The minimum Gasteiger partial charge on any atom is -0.494 e. The molecule has 35 heavy (non-hydrogen) atoms. The summed E-state index contributed by atoms with van der Waals surface area (Å²) in [5.74, 6) is 0.912. The number of fused-ring (bicyclic) bond motifs is 1. The van der Waals surface area contributed by atoms with Gasteiger partial charge in [-0.05, 0) is 50.5 Å². The predicted octanol–water partition coefficient (Wildman–Crippen LogP) is 4.39. The Bertz CT molecular complexity index is 1280. The van der Waals surface area contributed by atoms with Crippen LogP contribution in [0, 0.1) is 11.3 Å². The zero-order chi connectivity index (χ0) is 24.5. The lowest BCUT2D eigenvalue weighted by Gasteiger charge is -2.43. The highest BCUT2D eigenvalue weighted by atomic mass is 16.5. The van der Waals surface area contributed by atoms with Crippen LogP contribution < -0.4 is 9.64 Å². The first kappa shape index (κ1) is 23.1. The molecule has 0 aliphatic carbocycles. The number of aromatic nitrogens is 1. The molecule has 3 aromatic rings. The van der Waals surface area contributed by atoms with Crippen LogP contribution in [0.2, 0.25) is 0 Å².